The Labute approximate surface area is 197 Å². The van der Waals surface area contributed by atoms with E-state index in [1.54, 1.807) is 6.20 Å². The molecule has 34 heavy (non-hydrogen) atoms. The molecule has 0 saturated carbocycles. The van der Waals surface area contributed by atoms with Gasteiger partial charge in [0.25, 0.3) is 0 Å². The minimum absolute atomic E-state index is 0.423. The first-order valence-electron chi connectivity index (χ1n) is 11.6. The normalized spacial score (nSPS) is 12.6. The van der Waals surface area contributed by atoms with Crippen molar-refractivity contribution in [3.05, 3.63) is 60.0 Å². The molecule has 0 bridgehead atoms. The van der Waals surface area contributed by atoms with E-state index in [1.807, 2.05) is 37.3 Å². The van der Waals surface area contributed by atoms with Crippen LogP contribution in [0.3, 0.4) is 0 Å². The number of amides is 1. The summed E-state index contributed by atoms with van der Waals surface area (Å²) in [7, 11) is 0. The van der Waals surface area contributed by atoms with E-state index in [0.29, 0.717) is 18.9 Å². The molecular weight excluding hydrogens is 430 g/mol. The van der Waals surface area contributed by atoms with Crippen molar-refractivity contribution in [2.45, 2.75) is 39.2 Å². The van der Waals surface area contributed by atoms with Gasteiger partial charge in [0.2, 0.25) is 0 Å². The number of carboxylic acid groups (broad SMARTS) is 1. The number of hydrogen-bond acceptors (Lipinski definition) is 5. The van der Waals surface area contributed by atoms with Gasteiger partial charge in [-0.05, 0) is 68.5 Å². The molecule has 174 valence electrons. The summed E-state index contributed by atoms with van der Waals surface area (Å²) < 4.78 is 7.99. The molecule has 0 unspecified atom stereocenters. The highest BCUT2D eigenvalue weighted by Gasteiger charge is 2.24. The van der Waals surface area contributed by atoms with E-state index in [2.05, 4.69) is 27.1 Å². The molecular formula is C26H27N5O3. The molecule has 2 N–H and O–H groups in total. The van der Waals surface area contributed by atoms with Gasteiger partial charge in [-0.25, -0.2) is 4.79 Å². The van der Waals surface area contributed by atoms with Crippen LogP contribution in [0.25, 0.3) is 33.4 Å². The lowest BCUT2D eigenvalue weighted by molar-refractivity contribution is 0.194. The molecule has 8 nitrogen and oxygen atoms in total. The Kier molecular flexibility index (Phi) is 6.12. The zero-order chi connectivity index (χ0) is 23.5. The van der Waals surface area contributed by atoms with E-state index in [-0.39, 0.29) is 0 Å². The Bertz CT molecular complexity index is 1350. The number of hydrogen-bond donors (Lipinski definition) is 2. The van der Waals surface area contributed by atoms with Crippen molar-refractivity contribution in [2.75, 3.05) is 13.2 Å². The summed E-state index contributed by atoms with van der Waals surface area (Å²) in [6.45, 7) is 3.86. The zero-order valence-electron chi connectivity index (χ0n) is 19.1. The average molecular weight is 458 g/mol. The van der Waals surface area contributed by atoms with E-state index >= 15 is 0 Å². The number of fused-ring (bicyclic) bond motifs is 2. The summed E-state index contributed by atoms with van der Waals surface area (Å²) in [6.07, 6.45) is 4.32. The molecule has 0 saturated heterocycles. The quantitative estimate of drug-likeness (QED) is 0.367. The first-order chi connectivity index (χ1) is 16.6. The third kappa shape index (κ3) is 4.57. The Hall–Kier alpha value is -3.94. The predicted molar refractivity (Wildman–Crippen MR) is 130 cm³/mol. The zero-order valence-corrected chi connectivity index (χ0v) is 19.1. The van der Waals surface area contributed by atoms with Gasteiger partial charge in [-0.2, -0.15) is 5.10 Å². The predicted octanol–water partition coefficient (Wildman–Crippen LogP) is 4.84. The van der Waals surface area contributed by atoms with Gasteiger partial charge in [0.05, 0.1) is 24.0 Å². The average Bonchev–Trinajstić information content (AvgIpc) is 3.42. The lowest BCUT2D eigenvalue weighted by atomic mass is 9.98. The largest absolute Gasteiger partial charge is 0.492 e. The Morgan fingerprint density at radius 1 is 1.21 bits per heavy atom. The van der Waals surface area contributed by atoms with Crippen LogP contribution in [0.2, 0.25) is 0 Å². The van der Waals surface area contributed by atoms with Crippen LogP contribution in [-0.2, 0) is 13.0 Å². The van der Waals surface area contributed by atoms with Crippen LogP contribution in [0.15, 0.2) is 48.7 Å². The van der Waals surface area contributed by atoms with E-state index in [9.17, 15) is 4.79 Å². The summed E-state index contributed by atoms with van der Waals surface area (Å²) in [6, 6.07) is 14.4. The lowest BCUT2D eigenvalue weighted by Gasteiger charge is -2.09. The molecule has 5 rings (SSSR count). The third-order valence-corrected chi connectivity index (χ3v) is 6.03. The van der Waals surface area contributed by atoms with Gasteiger partial charge >= 0.3 is 6.09 Å². The van der Waals surface area contributed by atoms with Crippen molar-refractivity contribution in [1.29, 1.82) is 0 Å². The second-order valence-electron chi connectivity index (χ2n) is 8.53. The fourth-order valence-corrected chi connectivity index (χ4v) is 4.45. The monoisotopic (exact) mass is 457 g/mol. The van der Waals surface area contributed by atoms with E-state index in [0.717, 1.165) is 71.3 Å². The second-order valence-corrected chi connectivity index (χ2v) is 8.53. The maximum absolute atomic E-state index is 10.5. The van der Waals surface area contributed by atoms with Gasteiger partial charge < -0.3 is 15.2 Å². The molecule has 0 spiro atoms. The highest BCUT2D eigenvalue weighted by molar-refractivity contribution is 5.89. The number of aryl methyl sites for hydroxylation is 2. The number of nitrogens with zero attached hydrogens (tertiary/aromatic N) is 4. The fourth-order valence-electron chi connectivity index (χ4n) is 4.45. The van der Waals surface area contributed by atoms with Crippen LogP contribution in [0.5, 0.6) is 5.75 Å². The summed E-state index contributed by atoms with van der Waals surface area (Å²) in [5, 5.41) is 16.9. The van der Waals surface area contributed by atoms with Crippen LogP contribution >= 0.6 is 0 Å². The Morgan fingerprint density at radius 3 is 2.97 bits per heavy atom. The smallest absolute Gasteiger partial charge is 0.404 e. The molecule has 3 aromatic heterocycles. The van der Waals surface area contributed by atoms with Crippen molar-refractivity contribution >= 4 is 17.0 Å². The molecule has 1 aromatic carbocycles. The van der Waals surface area contributed by atoms with Gasteiger partial charge in [0.1, 0.15) is 11.4 Å². The van der Waals surface area contributed by atoms with Gasteiger partial charge in [0.15, 0.2) is 0 Å². The minimum atomic E-state index is -0.999. The van der Waals surface area contributed by atoms with E-state index in [1.165, 1.54) is 5.69 Å². The molecule has 0 aliphatic carbocycles. The number of unbranched alkanes of at least 4 members (excludes halogenated alkanes) is 1. The molecule has 0 atom stereocenters. The van der Waals surface area contributed by atoms with Crippen LogP contribution < -0.4 is 10.1 Å². The van der Waals surface area contributed by atoms with Crippen molar-refractivity contribution in [2.24, 2.45) is 0 Å². The summed E-state index contributed by atoms with van der Waals surface area (Å²) in [5.74, 6) is 0.705. The van der Waals surface area contributed by atoms with E-state index in [4.69, 9.17) is 19.9 Å². The number of nitrogens with one attached hydrogen (secondary N) is 1. The number of rotatable bonds is 8. The van der Waals surface area contributed by atoms with Crippen LogP contribution in [0, 0.1) is 6.92 Å². The summed E-state index contributed by atoms with van der Waals surface area (Å²) in [5.41, 5.74) is 7.20. The van der Waals surface area contributed by atoms with Crippen molar-refractivity contribution in [1.82, 2.24) is 25.1 Å². The summed E-state index contributed by atoms with van der Waals surface area (Å²) >= 11 is 0. The number of aromatic nitrogens is 4. The van der Waals surface area contributed by atoms with Crippen molar-refractivity contribution < 1.29 is 14.6 Å². The minimum Gasteiger partial charge on any atom is -0.492 e. The molecule has 0 radical (unpaired) electrons. The van der Waals surface area contributed by atoms with E-state index < -0.39 is 6.09 Å². The van der Waals surface area contributed by atoms with Crippen molar-refractivity contribution in [3.8, 4) is 28.3 Å². The first kappa shape index (κ1) is 21.9. The van der Waals surface area contributed by atoms with Crippen LogP contribution in [0.4, 0.5) is 4.79 Å². The topological polar surface area (TPSA) is 102 Å². The molecule has 1 aliphatic heterocycles. The molecule has 1 aliphatic rings. The van der Waals surface area contributed by atoms with Crippen molar-refractivity contribution in [3.63, 3.8) is 0 Å². The van der Waals surface area contributed by atoms with Gasteiger partial charge in [-0.3, -0.25) is 14.6 Å². The Balaban J connectivity index is 1.42. The number of carbonyl (C=O) groups is 1. The number of ether oxygens (including phenoxy) is 1. The van der Waals surface area contributed by atoms with Gasteiger partial charge in [-0.15, -0.1) is 0 Å². The Morgan fingerprint density at radius 2 is 2.12 bits per heavy atom. The molecule has 0 fully saturated rings. The standard InChI is InChI=1S/C26H27N5O3/c1-17-6-4-7-22(29-17)25-24(23-8-5-12-31(23)30-25)18-9-10-21-19(14-18)15-20(16-28-21)34-13-3-2-11-27-26(32)33/h4,6-7,9-10,14-16,27H,2-3,5,8,11-13H2,1H3,(H,32,33). The molecule has 4 heterocycles. The summed E-state index contributed by atoms with van der Waals surface area (Å²) in [4.78, 5) is 19.8. The number of benzene rings is 1. The molecule has 4 aromatic rings. The fraction of sp³-hybridized carbons (Fsp3) is 0.308. The maximum atomic E-state index is 10.5. The highest BCUT2D eigenvalue weighted by Crippen LogP contribution is 2.38. The lowest BCUT2D eigenvalue weighted by Crippen LogP contribution is -2.22. The molecule has 1 amide bonds. The van der Waals surface area contributed by atoms with Gasteiger partial charge in [-0.1, -0.05) is 12.1 Å². The second kappa shape index (κ2) is 9.51. The first-order valence-corrected chi connectivity index (χ1v) is 11.6. The van der Waals surface area contributed by atoms with Crippen LogP contribution in [-0.4, -0.2) is 44.1 Å². The SMILES string of the molecule is Cc1cccc(-c2nn3c(c2-c2ccc4ncc(OCCCCNC(=O)O)cc4c2)CCC3)n1. The highest BCUT2D eigenvalue weighted by atomic mass is 16.5. The van der Waals surface area contributed by atoms with Crippen LogP contribution in [0.1, 0.15) is 30.7 Å². The third-order valence-electron chi connectivity index (χ3n) is 6.03. The number of pyridine rings is 2. The van der Waals surface area contributed by atoms with Gasteiger partial charge in [0, 0.05) is 35.4 Å². The maximum Gasteiger partial charge on any atom is 0.404 e. The molecule has 8 heteroatoms.